The first-order valence-corrected chi connectivity index (χ1v) is 7.15. The summed E-state index contributed by atoms with van der Waals surface area (Å²) in [5.41, 5.74) is 1.74. The number of ether oxygens (including phenoxy) is 1. The third-order valence-electron chi connectivity index (χ3n) is 2.90. The summed E-state index contributed by atoms with van der Waals surface area (Å²) in [5.74, 6) is -0.455. The molecule has 0 aliphatic heterocycles. The zero-order valence-corrected chi connectivity index (χ0v) is 12.7. The third-order valence-corrected chi connectivity index (χ3v) is 3.69. The lowest BCUT2D eigenvalue weighted by atomic mass is 10.1. The van der Waals surface area contributed by atoms with Gasteiger partial charge in [-0.1, -0.05) is 22.0 Å². The number of benzene rings is 1. The molecule has 2 aromatic rings. The van der Waals surface area contributed by atoms with Gasteiger partial charge in [-0.3, -0.25) is 4.57 Å². The Bertz CT molecular complexity index is 677. The Labute approximate surface area is 126 Å². The smallest absolute Gasteiger partial charge is 0.408 e. The zero-order chi connectivity index (χ0) is 15.6. The van der Waals surface area contributed by atoms with Crippen molar-refractivity contribution in [1.29, 1.82) is 0 Å². The predicted molar refractivity (Wildman–Crippen MR) is 74.7 cm³/mol. The fourth-order valence-electron chi connectivity index (χ4n) is 1.95. The molecule has 21 heavy (non-hydrogen) atoms. The normalized spacial score (nSPS) is 13.8. The quantitative estimate of drug-likeness (QED) is 0.758. The molecule has 0 fully saturated rings. The van der Waals surface area contributed by atoms with Crippen molar-refractivity contribution >= 4 is 27.0 Å². The van der Waals surface area contributed by atoms with Crippen LogP contribution in [0.1, 0.15) is 17.3 Å². The van der Waals surface area contributed by atoms with Crippen LogP contribution in [0.3, 0.4) is 0 Å². The molecule has 4 nitrogen and oxygen atoms in total. The van der Waals surface area contributed by atoms with Gasteiger partial charge >= 0.3 is 11.9 Å². The number of nitrogens with zero attached hydrogens (tertiary/aromatic N) is 1. The molecule has 2 rings (SSSR count). The van der Waals surface area contributed by atoms with E-state index in [1.807, 2.05) is 6.92 Å². The summed E-state index contributed by atoms with van der Waals surface area (Å²) in [7, 11) is 0. The minimum Gasteiger partial charge on any atom is -0.408 e. The first kappa shape index (κ1) is 16.1. The summed E-state index contributed by atoms with van der Waals surface area (Å²) in [5, 5.41) is 0. The third kappa shape index (κ3) is 3.88. The fourth-order valence-corrected chi connectivity index (χ4v) is 2.42. The maximum atomic E-state index is 12.0. The molecule has 0 aliphatic rings. The first-order chi connectivity index (χ1) is 9.81. The van der Waals surface area contributed by atoms with Gasteiger partial charge < -0.3 is 9.15 Å². The van der Waals surface area contributed by atoms with Crippen LogP contribution >= 0.6 is 15.9 Å². The number of hydrogen-bond donors (Lipinski definition) is 0. The van der Waals surface area contributed by atoms with Crippen LogP contribution in [-0.4, -0.2) is 24.0 Å². The molecule has 0 aliphatic carbocycles. The Morgan fingerprint density at radius 2 is 2.14 bits per heavy atom. The van der Waals surface area contributed by atoms with Gasteiger partial charge in [0.05, 0.1) is 17.0 Å². The highest BCUT2D eigenvalue weighted by molar-refractivity contribution is 9.09. The molecule has 0 bridgehead atoms. The molecule has 1 unspecified atom stereocenters. The lowest BCUT2D eigenvalue weighted by Crippen LogP contribution is -2.18. The van der Waals surface area contributed by atoms with Crippen molar-refractivity contribution in [3.8, 4) is 0 Å². The largest absolute Gasteiger partial charge is 0.419 e. The van der Waals surface area contributed by atoms with Crippen molar-refractivity contribution in [3.05, 3.63) is 34.3 Å². The molecule has 0 N–H and O–H groups in total. The van der Waals surface area contributed by atoms with Gasteiger partial charge in [0.2, 0.25) is 0 Å². The van der Waals surface area contributed by atoms with Gasteiger partial charge in [-0.05, 0) is 24.6 Å². The van der Waals surface area contributed by atoms with Crippen LogP contribution in [0.2, 0.25) is 0 Å². The van der Waals surface area contributed by atoms with Gasteiger partial charge in [0, 0.05) is 6.54 Å². The second kappa shape index (κ2) is 6.23. The van der Waals surface area contributed by atoms with Crippen molar-refractivity contribution in [2.75, 3.05) is 13.2 Å². The van der Waals surface area contributed by atoms with E-state index in [9.17, 15) is 18.0 Å². The van der Waals surface area contributed by atoms with Crippen LogP contribution in [0.4, 0.5) is 13.2 Å². The van der Waals surface area contributed by atoms with Gasteiger partial charge in [0.1, 0.15) is 6.61 Å². The van der Waals surface area contributed by atoms with E-state index in [-0.39, 0.29) is 6.61 Å². The number of aromatic nitrogens is 1. The summed E-state index contributed by atoms with van der Waals surface area (Å²) < 4.78 is 47.2. The van der Waals surface area contributed by atoms with E-state index in [1.54, 1.807) is 18.2 Å². The Hall–Kier alpha value is -1.28. The Balaban J connectivity index is 2.13. The van der Waals surface area contributed by atoms with Crippen molar-refractivity contribution < 1.29 is 22.3 Å². The average molecular weight is 368 g/mol. The summed E-state index contributed by atoms with van der Waals surface area (Å²) in [6, 6.07) is 5.05. The maximum Gasteiger partial charge on any atom is 0.419 e. The molecular weight excluding hydrogens is 355 g/mol. The highest BCUT2D eigenvalue weighted by Crippen LogP contribution is 2.27. The fraction of sp³-hybridized carbons (Fsp3) is 0.462. The number of halogens is 4. The highest BCUT2D eigenvalue weighted by atomic mass is 79.9. The van der Waals surface area contributed by atoms with E-state index in [0.29, 0.717) is 23.2 Å². The Kier molecular flexibility index (Phi) is 4.77. The number of rotatable bonds is 5. The van der Waals surface area contributed by atoms with E-state index >= 15 is 0 Å². The second-order valence-corrected chi connectivity index (χ2v) is 5.54. The summed E-state index contributed by atoms with van der Waals surface area (Å²) in [4.78, 5) is 11.2. The van der Waals surface area contributed by atoms with Gasteiger partial charge in [0.25, 0.3) is 0 Å². The van der Waals surface area contributed by atoms with Crippen LogP contribution in [0.15, 0.2) is 27.4 Å². The SMILES string of the molecule is CCn1c(=O)oc2cc(C(Br)COCC(F)(F)F)ccc21. The molecule has 0 radical (unpaired) electrons. The van der Waals surface area contributed by atoms with Gasteiger partial charge in [-0.2, -0.15) is 13.2 Å². The topological polar surface area (TPSA) is 44.4 Å². The van der Waals surface area contributed by atoms with E-state index in [1.165, 1.54) is 4.57 Å². The molecule has 1 atom stereocenters. The van der Waals surface area contributed by atoms with E-state index in [2.05, 4.69) is 20.7 Å². The molecule has 116 valence electrons. The molecule has 0 saturated heterocycles. The summed E-state index contributed by atoms with van der Waals surface area (Å²) in [6.45, 7) is 0.878. The van der Waals surface area contributed by atoms with Crippen molar-refractivity contribution in [2.24, 2.45) is 0 Å². The van der Waals surface area contributed by atoms with E-state index in [0.717, 1.165) is 0 Å². The van der Waals surface area contributed by atoms with Crippen molar-refractivity contribution in [2.45, 2.75) is 24.5 Å². The molecular formula is C13H13BrF3NO3. The molecule has 0 saturated carbocycles. The van der Waals surface area contributed by atoms with Crippen LogP contribution < -0.4 is 5.76 Å². The molecule has 1 heterocycles. The van der Waals surface area contributed by atoms with Crippen LogP contribution in [0.5, 0.6) is 0 Å². The number of oxazole rings is 1. The molecule has 0 spiro atoms. The number of hydrogen-bond acceptors (Lipinski definition) is 3. The van der Waals surface area contributed by atoms with Gasteiger partial charge in [-0.15, -0.1) is 0 Å². The number of fused-ring (bicyclic) bond motifs is 1. The van der Waals surface area contributed by atoms with E-state index in [4.69, 9.17) is 4.42 Å². The highest BCUT2D eigenvalue weighted by Gasteiger charge is 2.28. The minimum absolute atomic E-state index is 0.135. The molecule has 8 heteroatoms. The summed E-state index contributed by atoms with van der Waals surface area (Å²) in [6.07, 6.45) is -4.35. The number of aryl methyl sites for hydroxylation is 1. The second-order valence-electron chi connectivity index (χ2n) is 4.44. The van der Waals surface area contributed by atoms with Crippen molar-refractivity contribution in [3.63, 3.8) is 0 Å². The molecule has 1 aromatic heterocycles. The summed E-state index contributed by atoms with van der Waals surface area (Å²) >= 11 is 3.26. The van der Waals surface area contributed by atoms with Gasteiger partial charge in [0.15, 0.2) is 5.58 Å². The predicted octanol–water partition coefficient (Wildman–Crippen LogP) is 3.63. The Morgan fingerprint density at radius 3 is 2.76 bits per heavy atom. The zero-order valence-electron chi connectivity index (χ0n) is 11.1. The molecule has 0 amide bonds. The maximum absolute atomic E-state index is 12.0. The minimum atomic E-state index is -4.35. The van der Waals surface area contributed by atoms with Crippen LogP contribution in [-0.2, 0) is 11.3 Å². The average Bonchev–Trinajstić information content (AvgIpc) is 2.71. The van der Waals surface area contributed by atoms with Crippen molar-refractivity contribution in [1.82, 2.24) is 4.57 Å². The first-order valence-electron chi connectivity index (χ1n) is 6.23. The van der Waals surface area contributed by atoms with Gasteiger partial charge in [-0.25, -0.2) is 4.79 Å². The standard InChI is InChI=1S/C13H13BrF3NO3/c1-2-18-10-4-3-8(5-11(10)21-12(18)19)9(14)6-20-7-13(15,16)17/h3-5,9H,2,6-7H2,1H3. The van der Waals surface area contributed by atoms with Crippen LogP contribution in [0, 0.1) is 0 Å². The Morgan fingerprint density at radius 1 is 1.43 bits per heavy atom. The van der Waals surface area contributed by atoms with Crippen LogP contribution in [0.25, 0.3) is 11.1 Å². The molecule has 1 aromatic carbocycles. The lowest BCUT2D eigenvalue weighted by Gasteiger charge is -2.12. The lowest BCUT2D eigenvalue weighted by molar-refractivity contribution is -0.173. The monoisotopic (exact) mass is 367 g/mol. The van der Waals surface area contributed by atoms with E-state index < -0.39 is 23.4 Å². The number of alkyl halides is 4.